The van der Waals surface area contributed by atoms with E-state index in [0.717, 1.165) is 31.3 Å². The van der Waals surface area contributed by atoms with Crippen LogP contribution in [0.5, 0.6) is 0 Å². The summed E-state index contributed by atoms with van der Waals surface area (Å²) >= 11 is 0. The Morgan fingerprint density at radius 2 is 2.17 bits per heavy atom. The molecule has 0 aromatic carbocycles. The minimum Gasteiger partial charge on any atom is -0.308 e. The monoisotopic (exact) mass is 168 g/mol. The summed E-state index contributed by atoms with van der Waals surface area (Å²) < 4.78 is 1.96. The van der Waals surface area contributed by atoms with Crippen molar-refractivity contribution < 1.29 is 0 Å². The van der Waals surface area contributed by atoms with Gasteiger partial charge in [-0.05, 0) is 6.92 Å². The van der Waals surface area contributed by atoms with Crippen molar-refractivity contribution in [2.75, 3.05) is 6.54 Å². The number of aryl methyl sites for hydroxylation is 1. The van der Waals surface area contributed by atoms with Crippen LogP contribution in [-0.4, -0.2) is 21.3 Å². The molecule has 0 fully saturated rings. The second kappa shape index (κ2) is 4.21. The molecule has 68 valence electrons. The Hall–Kier alpha value is -0.900. The van der Waals surface area contributed by atoms with E-state index in [0.29, 0.717) is 0 Å². The van der Waals surface area contributed by atoms with Crippen LogP contribution in [-0.2, 0) is 13.1 Å². The summed E-state index contributed by atoms with van der Waals surface area (Å²) in [4.78, 5) is 4.24. The average Bonchev–Trinajstić information content (AvgIpc) is 2.48. The predicted octanol–water partition coefficient (Wildman–Crippen LogP) is 0.716. The van der Waals surface area contributed by atoms with E-state index in [9.17, 15) is 0 Å². The lowest BCUT2D eigenvalue weighted by atomic mass is 10.4. The number of fused-ring (bicyclic) bond motifs is 1. The van der Waals surface area contributed by atoms with Crippen molar-refractivity contribution in [3.8, 4) is 0 Å². The molecule has 0 bridgehead atoms. The van der Waals surface area contributed by atoms with Gasteiger partial charge < -0.3 is 5.32 Å². The maximum atomic E-state index is 4.24. The van der Waals surface area contributed by atoms with Gasteiger partial charge >= 0.3 is 0 Å². The van der Waals surface area contributed by atoms with Crippen LogP contribution in [0.4, 0.5) is 0 Å². The van der Waals surface area contributed by atoms with E-state index in [1.165, 1.54) is 0 Å². The number of nitrogens with zero attached hydrogens (tertiary/aromatic N) is 3. The Kier molecular flexibility index (Phi) is 3.22. The van der Waals surface area contributed by atoms with Crippen molar-refractivity contribution in [2.45, 2.75) is 33.9 Å². The fourth-order valence-corrected chi connectivity index (χ4v) is 1.19. The summed E-state index contributed by atoms with van der Waals surface area (Å²) in [6, 6.07) is 0. The summed E-state index contributed by atoms with van der Waals surface area (Å²) in [5.74, 6) is 1.93. The Labute approximate surface area is 73.0 Å². The van der Waals surface area contributed by atoms with E-state index in [4.69, 9.17) is 0 Å². The second-order valence-corrected chi connectivity index (χ2v) is 2.48. The number of aromatic nitrogens is 3. The summed E-state index contributed by atoms with van der Waals surface area (Å²) in [7, 11) is 0. The van der Waals surface area contributed by atoms with Gasteiger partial charge in [0.05, 0.1) is 13.1 Å². The standard InChI is InChI=1S/C6H10N4.C2H6/c1-5-8-6-4-7-2-3-10(6)9-5;1-2/h7H,2-4H2,1H3;1-2H3. The van der Waals surface area contributed by atoms with Crippen molar-refractivity contribution >= 4 is 0 Å². The van der Waals surface area contributed by atoms with Gasteiger partial charge in [-0.25, -0.2) is 9.67 Å². The summed E-state index contributed by atoms with van der Waals surface area (Å²) in [6.07, 6.45) is 0. The maximum Gasteiger partial charge on any atom is 0.147 e. The van der Waals surface area contributed by atoms with Crippen LogP contribution in [0.25, 0.3) is 0 Å². The van der Waals surface area contributed by atoms with Gasteiger partial charge in [0.2, 0.25) is 0 Å². The van der Waals surface area contributed by atoms with Crippen LogP contribution in [0.3, 0.4) is 0 Å². The molecule has 1 aromatic rings. The first-order valence-corrected chi connectivity index (χ1v) is 4.47. The van der Waals surface area contributed by atoms with Crippen LogP contribution in [0, 0.1) is 6.92 Å². The minimum atomic E-state index is 0.862. The molecule has 0 spiro atoms. The van der Waals surface area contributed by atoms with Crippen molar-refractivity contribution in [1.82, 2.24) is 20.1 Å². The van der Waals surface area contributed by atoms with Gasteiger partial charge in [-0.1, -0.05) is 13.8 Å². The van der Waals surface area contributed by atoms with E-state index in [2.05, 4.69) is 15.4 Å². The Morgan fingerprint density at radius 3 is 2.83 bits per heavy atom. The molecule has 0 saturated heterocycles. The van der Waals surface area contributed by atoms with Crippen LogP contribution in [0.1, 0.15) is 25.5 Å². The molecule has 4 nitrogen and oxygen atoms in total. The highest BCUT2D eigenvalue weighted by atomic mass is 15.4. The molecule has 1 aliphatic rings. The number of nitrogens with one attached hydrogen (secondary N) is 1. The first-order chi connectivity index (χ1) is 5.86. The lowest BCUT2D eigenvalue weighted by molar-refractivity contribution is 0.468. The molecule has 1 N–H and O–H groups in total. The van der Waals surface area contributed by atoms with Crippen molar-refractivity contribution in [2.24, 2.45) is 0 Å². The molecular weight excluding hydrogens is 152 g/mol. The van der Waals surface area contributed by atoms with Gasteiger partial charge in [-0.3, -0.25) is 0 Å². The molecule has 0 unspecified atom stereocenters. The van der Waals surface area contributed by atoms with Crippen molar-refractivity contribution in [3.63, 3.8) is 0 Å². The summed E-state index contributed by atoms with van der Waals surface area (Å²) in [5.41, 5.74) is 0. The third kappa shape index (κ3) is 1.82. The van der Waals surface area contributed by atoms with Gasteiger partial charge in [0, 0.05) is 6.54 Å². The molecule has 0 radical (unpaired) electrons. The quantitative estimate of drug-likeness (QED) is 0.620. The second-order valence-electron chi connectivity index (χ2n) is 2.48. The van der Waals surface area contributed by atoms with Crippen molar-refractivity contribution in [1.29, 1.82) is 0 Å². The van der Waals surface area contributed by atoms with E-state index in [1.807, 2.05) is 25.5 Å². The predicted molar refractivity (Wildman–Crippen MR) is 47.8 cm³/mol. The largest absolute Gasteiger partial charge is 0.308 e. The molecule has 2 heterocycles. The molecule has 2 rings (SSSR count). The number of hydrogen-bond acceptors (Lipinski definition) is 3. The smallest absolute Gasteiger partial charge is 0.147 e. The molecule has 0 aliphatic carbocycles. The Balaban J connectivity index is 0.000000336. The SMILES string of the molecule is CC.Cc1nc2n(n1)CCNC2. The van der Waals surface area contributed by atoms with E-state index in [-0.39, 0.29) is 0 Å². The zero-order valence-electron chi connectivity index (χ0n) is 7.96. The molecule has 0 saturated carbocycles. The average molecular weight is 168 g/mol. The van der Waals surface area contributed by atoms with Crippen molar-refractivity contribution in [3.05, 3.63) is 11.6 Å². The van der Waals surface area contributed by atoms with Crippen LogP contribution < -0.4 is 5.32 Å². The lowest BCUT2D eigenvalue weighted by Crippen LogP contribution is -2.28. The third-order valence-corrected chi connectivity index (χ3v) is 1.64. The first kappa shape index (κ1) is 9.19. The van der Waals surface area contributed by atoms with Gasteiger partial charge in [0.15, 0.2) is 0 Å². The van der Waals surface area contributed by atoms with Crippen LogP contribution >= 0.6 is 0 Å². The van der Waals surface area contributed by atoms with Crippen LogP contribution in [0.15, 0.2) is 0 Å². The highest BCUT2D eigenvalue weighted by molar-refractivity contribution is 4.92. The van der Waals surface area contributed by atoms with E-state index < -0.39 is 0 Å². The minimum absolute atomic E-state index is 0.862. The topological polar surface area (TPSA) is 42.7 Å². The first-order valence-electron chi connectivity index (χ1n) is 4.47. The normalized spacial score (nSPS) is 14.6. The van der Waals surface area contributed by atoms with Crippen LogP contribution in [0.2, 0.25) is 0 Å². The Morgan fingerprint density at radius 1 is 1.42 bits per heavy atom. The van der Waals surface area contributed by atoms with Gasteiger partial charge in [0.1, 0.15) is 11.6 Å². The number of rotatable bonds is 0. The van der Waals surface area contributed by atoms with Gasteiger partial charge in [-0.2, -0.15) is 5.10 Å². The van der Waals surface area contributed by atoms with E-state index in [1.54, 1.807) is 0 Å². The van der Waals surface area contributed by atoms with E-state index >= 15 is 0 Å². The molecule has 4 heteroatoms. The van der Waals surface area contributed by atoms with Gasteiger partial charge in [-0.15, -0.1) is 0 Å². The highest BCUT2D eigenvalue weighted by Crippen LogP contribution is 2.00. The fraction of sp³-hybridized carbons (Fsp3) is 0.750. The Bertz CT molecular complexity index is 218. The molecule has 1 aromatic heterocycles. The molecule has 12 heavy (non-hydrogen) atoms. The lowest BCUT2D eigenvalue weighted by Gasteiger charge is -2.11. The highest BCUT2D eigenvalue weighted by Gasteiger charge is 2.09. The molecule has 0 atom stereocenters. The third-order valence-electron chi connectivity index (χ3n) is 1.64. The zero-order chi connectivity index (χ0) is 8.97. The molecule has 0 amide bonds. The molecule has 1 aliphatic heterocycles. The summed E-state index contributed by atoms with van der Waals surface area (Å²) in [6.45, 7) is 8.75. The summed E-state index contributed by atoms with van der Waals surface area (Å²) in [5, 5.41) is 7.45. The zero-order valence-corrected chi connectivity index (χ0v) is 7.96. The van der Waals surface area contributed by atoms with Gasteiger partial charge in [0.25, 0.3) is 0 Å². The number of hydrogen-bond donors (Lipinski definition) is 1. The fourth-order valence-electron chi connectivity index (χ4n) is 1.19. The molecular formula is C8H16N4. The maximum absolute atomic E-state index is 4.24.